The lowest BCUT2D eigenvalue weighted by Crippen LogP contribution is -2.34. The smallest absolute Gasteiger partial charge is 0.222 e. The number of rotatable bonds is 5. The van der Waals surface area contributed by atoms with E-state index in [4.69, 9.17) is 20.4 Å². The summed E-state index contributed by atoms with van der Waals surface area (Å²) in [5.74, 6) is 0.232. The van der Waals surface area contributed by atoms with Crippen LogP contribution in [0.25, 0.3) is 0 Å². The average molecular weight is 318 g/mol. The molecule has 2 rings (SSSR count). The fourth-order valence-corrected chi connectivity index (χ4v) is 3.25. The van der Waals surface area contributed by atoms with Crippen molar-refractivity contribution in [3.8, 4) is 0 Å². The molecule has 8 heteroatoms. The highest BCUT2D eigenvalue weighted by atomic mass is 16.1. The van der Waals surface area contributed by atoms with Crippen LogP contribution in [0.2, 0.25) is 0 Å². The maximum Gasteiger partial charge on any atom is 0.235 e. The van der Waals surface area contributed by atoms with Crippen molar-refractivity contribution >= 4 is 24.3 Å². The van der Waals surface area contributed by atoms with Crippen molar-refractivity contribution in [2.75, 3.05) is 0 Å². The Morgan fingerprint density at radius 3 is 2.17 bits per heavy atom. The molecule has 0 heterocycles. The van der Waals surface area contributed by atoms with E-state index in [1.54, 1.807) is 12.2 Å². The number of hydrogen-bond donors (Lipinski definition) is 2. The fraction of sp³-hybridized carbons (Fsp3) is 0.600. The molecule has 23 heavy (non-hydrogen) atoms. The van der Waals surface area contributed by atoms with Gasteiger partial charge in [0.1, 0.15) is 0 Å². The van der Waals surface area contributed by atoms with E-state index < -0.39 is 0 Å². The van der Waals surface area contributed by atoms with E-state index in [1.165, 1.54) is 0 Å². The van der Waals surface area contributed by atoms with E-state index in [0.29, 0.717) is 0 Å². The lowest BCUT2D eigenvalue weighted by Gasteiger charge is -2.30. The maximum absolute atomic E-state index is 10.5. The highest BCUT2D eigenvalue weighted by Crippen LogP contribution is 2.54. The number of nitrogens with one attached hydrogen (secondary N) is 2. The number of aliphatic imine (C=N–C) groups is 2. The van der Waals surface area contributed by atoms with Gasteiger partial charge in [-0.2, -0.15) is 9.98 Å². The van der Waals surface area contributed by atoms with E-state index in [2.05, 4.69) is 29.1 Å². The first-order valence-corrected chi connectivity index (χ1v) is 7.01. The van der Waals surface area contributed by atoms with Gasteiger partial charge in [-0.05, 0) is 12.8 Å². The van der Waals surface area contributed by atoms with Crippen molar-refractivity contribution in [2.45, 2.75) is 44.7 Å². The highest BCUT2D eigenvalue weighted by Gasteiger charge is 2.55. The van der Waals surface area contributed by atoms with Crippen LogP contribution in [0.4, 0.5) is 0 Å². The summed E-state index contributed by atoms with van der Waals surface area (Å²) >= 11 is 0. The predicted octanol–water partition coefficient (Wildman–Crippen LogP) is 1.96. The Bertz CT molecular complexity index is 566. The summed E-state index contributed by atoms with van der Waals surface area (Å²) in [7, 11) is 0. The van der Waals surface area contributed by atoms with E-state index in [9.17, 15) is 9.59 Å². The van der Waals surface area contributed by atoms with Gasteiger partial charge in [-0.3, -0.25) is 0 Å². The molecule has 0 saturated heterocycles. The summed E-state index contributed by atoms with van der Waals surface area (Å²) in [5, 5.41) is 10.8. The topological polar surface area (TPSA) is 141 Å². The largest absolute Gasteiger partial charge is 0.235 e. The monoisotopic (exact) mass is 318 g/mol. The molecule has 122 valence electrons. The molecule has 0 aromatic carbocycles. The Labute approximate surface area is 133 Å². The Hall–Kier alpha value is -2.74. The Morgan fingerprint density at radius 1 is 1.13 bits per heavy atom. The molecule has 0 spiro atoms. The molecule has 2 aliphatic rings. The Balaban J connectivity index is 0.000000704. The van der Waals surface area contributed by atoms with Crippen molar-refractivity contribution < 1.29 is 19.2 Å². The molecular weight excluding hydrogens is 300 g/mol. The zero-order valence-corrected chi connectivity index (χ0v) is 12.7. The molecule has 4 unspecified atom stereocenters. The van der Waals surface area contributed by atoms with Gasteiger partial charge in [0.2, 0.25) is 24.3 Å². The van der Waals surface area contributed by atoms with Gasteiger partial charge in [-0.25, -0.2) is 30.0 Å². The second-order valence-electron chi connectivity index (χ2n) is 5.14. The number of fused-ring (bicyclic) bond motifs is 2. The van der Waals surface area contributed by atoms with E-state index in [1.807, 2.05) is 0 Å². The normalized spacial score (nSPS) is 28.5. The lowest BCUT2D eigenvalue weighted by atomic mass is 9.78. The first-order valence-electron chi connectivity index (χ1n) is 7.01. The molecule has 0 aliphatic heterocycles. The summed E-state index contributed by atoms with van der Waals surface area (Å²) in [6.07, 6.45) is 13.2. The quantitative estimate of drug-likeness (QED) is 0.454. The van der Waals surface area contributed by atoms with Gasteiger partial charge in [-0.15, -0.1) is 0 Å². The molecular formula is C15H18N4O4. The van der Waals surface area contributed by atoms with E-state index >= 15 is 0 Å². The number of unbranched alkanes of at least 4 members (excludes halogenated alkanes) is 1. The van der Waals surface area contributed by atoms with Crippen LogP contribution in [0.1, 0.15) is 32.6 Å². The fourth-order valence-electron chi connectivity index (χ4n) is 3.25. The van der Waals surface area contributed by atoms with Gasteiger partial charge < -0.3 is 0 Å². The molecule has 0 amide bonds. The number of hydrogen-bond acceptors (Lipinski definition) is 8. The van der Waals surface area contributed by atoms with Crippen molar-refractivity contribution in [3.63, 3.8) is 0 Å². The highest BCUT2D eigenvalue weighted by molar-refractivity contribution is 5.40. The molecule has 0 aromatic heterocycles. The average Bonchev–Trinajstić information content (AvgIpc) is 3.06. The molecule has 4 atom stereocenters. The summed E-state index contributed by atoms with van der Waals surface area (Å²) in [5.41, 5.74) is -0.0803. The minimum atomic E-state index is -0.219. The van der Waals surface area contributed by atoms with Crippen molar-refractivity contribution in [3.05, 3.63) is 12.2 Å². The van der Waals surface area contributed by atoms with Crippen LogP contribution in [0, 0.1) is 22.2 Å². The SMILES string of the molecule is CCCCC12C=CC(C1)C(N=C=O)C2N=C=O.N=C=O.N=C=O. The second-order valence-corrected chi connectivity index (χ2v) is 5.14. The first-order chi connectivity index (χ1) is 11.1. The summed E-state index contributed by atoms with van der Waals surface area (Å²) < 4.78 is 0. The third-order valence-electron chi connectivity index (χ3n) is 4.03. The van der Waals surface area contributed by atoms with Gasteiger partial charge in [0.15, 0.2) is 0 Å². The van der Waals surface area contributed by atoms with Crippen LogP contribution < -0.4 is 0 Å². The second kappa shape index (κ2) is 10.9. The number of nitrogens with zero attached hydrogens (tertiary/aromatic N) is 2. The van der Waals surface area contributed by atoms with Gasteiger partial charge in [0, 0.05) is 11.3 Å². The minimum Gasteiger partial charge on any atom is -0.222 e. The zero-order valence-electron chi connectivity index (χ0n) is 12.7. The zero-order chi connectivity index (χ0) is 17.7. The molecule has 2 bridgehead atoms. The third-order valence-corrected chi connectivity index (χ3v) is 4.03. The number of isocyanates is 4. The molecule has 1 saturated carbocycles. The lowest BCUT2D eigenvalue weighted by molar-refractivity contribution is 0.306. The van der Waals surface area contributed by atoms with E-state index in [-0.39, 0.29) is 23.4 Å². The summed E-state index contributed by atoms with van der Waals surface area (Å²) in [6, 6.07) is -0.432. The van der Waals surface area contributed by atoms with Gasteiger partial charge in [0.25, 0.3) is 0 Å². The van der Waals surface area contributed by atoms with Crippen LogP contribution >= 0.6 is 0 Å². The molecule has 1 fully saturated rings. The molecule has 2 aliphatic carbocycles. The Morgan fingerprint density at radius 2 is 1.70 bits per heavy atom. The van der Waals surface area contributed by atoms with Crippen LogP contribution in [0.3, 0.4) is 0 Å². The first kappa shape index (κ1) is 20.3. The van der Waals surface area contributed by atoms with Crippen LogP contribution in [-0.4, -0.2) is 36.4 Å². The minimum absolute atomic E-state index is 0.0803. The van der Waals surface area contributed by atoms with E-state index in [0.717, 1.165) is 37.8 Å². The standard InChI is InChI=1S/C13H16N2O2.2CHNO/c1-2-3-5-13-6-4-10(7-13)11(14-8-16)12(13)15-9-17;2*2-1-3/h4,6,10-12H,2-3,5,7H2,1H3;2*2H. The molecule has 2 N–H and O–H groups in total. The van der Waals surface area contributed by atoms with Crippen molar-refractivity contribution in [1.29, 1.82) is 10.8 Å². The maximum atomic E-state index is 10.5. The van der Waals surface area contributed by atoms with Crippen LogP contribution in [0.5, 0.6) is 0 Å². The molecule has 8 nitrogen and oxygen atoms in total. The van der Waals surface area contributed by atoms with Crippen molar-refractivity contribution in [1.82, 2.24) is 0 Å². The van der Waals surface area contributed by atoms with Gasteiger partial charge in [0.05, 0.1) is 12.1 Å². The van der Waals surface area contributed by atoms with Crippen LogP contribution in [-0.2, 0) is 19.2 Å². The Kier molecular flexibility index (Phi) is 9.61. The van der Waals surface area contributed by atoms with Gasteiger partial charge in [-0.1, -0.05) is 31.9 Å². The number of carbonyl (C=O) groups excluding carboxylic acids is 4. The third kappa shape index (κ3) is 5.19. The summed E-state index contributed by atoms with van der Waals surface area (Å²) in [6.45, 7) is 2.14. The molecule has 0 radical (unpaired) electrons. The molecule has 0 aromatic rings. The van der Waals surface area contributed by atoms with Gasteiger partial charge >= 0.3 is 0 Å². The predicted molar refractivity (Wildman–Crippen MR) is 79.9 cm³/mol. The summed E-state index contributed by atoms with van der Waals surface area (Å²) in [4.78, 5) is 45.4. The van der Waals surface area contributed by atoms with Crippen molar-refractivity contribution in [2.24, 2.45) is 21.3 Å². The van der Waals surface area contributed by atoms with Crippen LogP contribution in [0.15, 0.2) is 22.1 Å².